The molecule has 0 aromatic carbocycles. The van der Waals surface area contributed by atoms with Gasteiger partial charge in [0.15, 0.2) is 5.78 Å². The number of ether oxygens (including phenoxy) is 2. The average molecular weight is 242 g/mol. The molecule has 0 rings (SSSR count). The molecule has 0 unspecified atom stereocenters. The number of hydrogen-bond donors (Lipinski definition) is 0. The van der Waals surface area contributed by atoms with Crippen LogP contribution in [0.2, 0.25) is 0 Å². The molecule has 0 aromatic heterocycles. The van der Waals surface area contributed by atoms with Gasteiger partial charge >= 0.3 is 0 Å². The fraction of sp³-hybridized carbons (Fsp3) is 0.786. The van der Waals surface area contributed by atoms with Crippen LogP contribution in [0.3, 0.4) is 0 Å². The van der Waals surface area contributed by atoms with Crippen LogP contribution in [-0.4, -0.2) is 30.2 Å². The molecule has 0 N–H and O–H groups in total. The van der Waals surface area contributed by atoms with Crippen molar-refractivity contribution in [3.8, 4) is 0 Å². The Morgan fingerprint density at radius 2 is 1.71 bits per heavy atom. The molecule has 0 saturated carbocycles. The topological polar surface area (TPSA) is 35.5 Å². The number of hydrogen-bond acceptors (Lipinski definition) is 3. The van der Waals surface area contributed by atoms with Gasteiger partial charge in [0, 0.05) is 6.61 Å². The van der Waals surface area contributed by atoms with E-state index in [0.717, 1.165) is 6.42 Å². The second kappa shape index (κ2) is 6.31. The van der Waals surface area contributed by atoms with Crippen molar-refractivity contribution in [3.05, 3.63) is 12.2 Å². The summed E-state index contributed by atoms with van der Waals surface area (Å²) in [4.78, 5) is 11.8. The lowest BCUT2D eigenvalue weighted by molar-refractivity contribution is -0.138. The first kappa shape index (κ1) is 16.3. The largest absolute Gasteiger partial charge is 0.376 e. The first-order valence-electron chi connectivity index (χ1n) is 6.10. The molecule has 0 aliphatic rings. The molecule has 0 atom stereocenters. The van der Waals surface area contributed by atoms with Gasteiger partial charge in [0.05, 0.1) is 12.2 Å². The van der Waals surface area contributed by atoms with Crippen LogP contribution in [0.25, 0.3) is 0 Å². The van der Waals surface area contributed by atoms with Crippen LogP contribution in [0, 0.1) is 0 Å². The molecule has 0 aliphatic heterocycles. The molecule has 0 amide bonds. The molecule has 17 heavy (non-hydrogen) atoms. The van der Waals surface area contributed by atoms with E-state index in [1.807, 2.05) is 20.8 Å². The predicted molar refractivity (Wildman–Crippen MR) is 70.2 cm³/mol. The SMILES string of the molecule is C=C(C)C(=O)C(C)(C)OCCC(C)(C)OCC. The summed E-state index contributed by atoms with van der Waals surface area (Å²) in [5, 5.41) is 0. The first-order valence-corrected chi connectivity index (χ1v) is 6.10. The summed E-state index contributed by atoms with van der Waals surface area (Å²) < 4.78 is 11.2. The number of rotatable bonds is 8. The summed E-state index contributed by atoms with van der Waals surface area (Å²) in [7, 11) is 0. The van der Waals surface area contributed by atoms with Gasteiger partial charge in [0.2, 0.25) is 0 Å². The molecule has 0 saturated heterocycles. The van der Waals surface area contributed by atoms with Gasteiger partial charge in [0.25, 0.3) is 0 Å². The van der Waals surface area contributed by atoms with Gasteiger partial charge in [-0.05, 0) is 53.5 Å². The molecule has 0 fully saturated rings. The van der Waals surface area contributed by atoms with E-state index in [1.165, 1.54) is 0 Å². The van der Waals surface area contributed by atoms with Gasteiger partial charge in [-0.15, -0.1) is 0 Å². The Kier molecular flexibility index (Phi) is 6.06. The number of ketones is 1. The number of Topliss-reactive ketones (excluding diaryl/α,β-unsaturated/α-hetero) is 1. The van der Waals surface area contributed by atoms with Crippen LogP contribution in [0.1, 0.15) is 48.0 Å². The Labute approximate surface area is 105 Å². The van der Waals surface area contributed by atoms with Crippen LogP contribution in [0.5, 0.6) is 0 Å². The molecular weight excluding hydrogens is 216 g/mol. The van der Waals surface area contributed by atoms with Crippen LogP contribution >= 0.6 is 0 Å². The summed E-state index contributed by atoms with van der Waals surface area (Å²) in [5.41, 5.74) is -0.482. The highest BCUT2D eigenvalue weighted by Crippen LogP contribution is 2.19. The fourth-order valence-corrected chi connectivity index (χ4v) is 1.59. The van der Waals surface area contributed by atoms with E-state index in [1.54, 1.807) is 20.8 Å². The molecule has 0 bridgehead atoms. The molecule has 3 heteroatoms. The third kappa shape index (κ3) is 5.99. The molecule has 0 aliphatic carbocycles. The van der Waals surface area contributed by atoms with Crippen molar-refractivity contribution in [3.63, 3.8) is 0 Å². The zero-order chi connectivity index (χ0) is 13.7. The van der Waals surface area contributed by atoms with E-state index >= 15 is 0 Å². The lowest BCUT2D eigenvalue weighted by Crippen LogP contribution is -2.37. The maximum absolute atomic E-state index is 11.8. The smallest absolute Gasteiger partial charge is 0.189 e. The molecule has 100 valence electrons. The average Bonchev–Trinajstić information content (AvgIpc) is 2.15. The van der Waals surface area contributed by atoms with Crippen molar-refractivity contribution in [2.45, 2.75) is 59.2 Å². The van der Waals surface area contributed by atoms with Gasteiger partial charge in [-0.3, -0.25) is 4.79 Å². The van der Waals surface area contributed by atoms with Crippen LogP contribution in [-0.2, 0) is 14.3 Å². The number of carbonyl (C=O) groups excluding carboxylic acids is 1. The first-order chi connectivity index (χ1) is 7.62. The van der Waals surface area contributed by atoms with Crippen LogP contribution < -0.4 is 0 Å². The second-order valence-electron chi connectivity index (χ2n) is 5.41. The lowest BCUT2D eigenvalue weighted by atomic mass is 9.98. The Balaban J connectivity index is 4.20. The van der Waals surface area contributed by atoms with Gasteiger partial charge in [-0.2, -0.15) is 0 Å². The van der Waals surface area contributed by atoms with Crippen molar-refractivity contribution in [2.24, 2.45) is 0 Å². The van der Waals surface area contributed by atoms with Gasteiger partial charge in [-0.1, -0.05) is 6.58 Å². The third-order valence-electron chi connectivity index (χ3n) is 2.64. The normalized spacial score (nSPS) is 12.6. The Bertz CT molecular complexity index is 277. The highest BCUT2D eigenvalue weighted by atomic mass is 16.5. The van der Waals surface area contributed by atoms with Crippen LogP contribution in [0.4, 0.5) is 0 Å². The molecule has 3 nitrogen and oxygen atoms in total. The van der Waals surface area contributed by atoms with E-state index in [4.69, 9.17) is 9.47 Å². The van der Waals surface area contributed by atoms with E-state index in [2.05, 4.69) is 6.58 Å². The second-order valence-corrected chi connectivity index (χ2v) is 5.41. The van der Waals surface area contributed by atoms with Crippen molar-refractivity contribution in [1.82, 2.24) is 0 Å². The van der Waals surface area contributed by atoms with E-state index in [9.17, 15) is 4.79 Å². The standard InChI is InChI=1S/C14H26O3/c1-8-16-13(4,5)9-10-17-14(6,7)12(15)11(2)3/h2,8-10H2,1,3-7H3. The molecule has 0 aromatic rings. The summed E-state index contributed by atoms with van der Waals surface area (Å²) in [6, 6.07) is 0. The zero-order valence-electron chi connectivity index (χ0n) is 12.1. The van der Waals surface area contributed by atoms with Gasteiger partial charge < -0.3 is 9.47 Å². The molecule has 0 radical (unpaired) electrons. The van der Waals surface area contributed by atoms with E-state index < -0.39 is 5.60 Å². The minimum absolute atomic E-state index is 0.0493. The van der Waals surface area contributed by atoms with Crippen LogP contribution in [0.15, 0.2) is 12.2 Å². The highest BCUT2D eigenvalue weighted by molar-refractivity contribution is 6.00. The predicted octanol–water partition coefficient (Wildman–Crippen LogP) is 3.13. The minimum Gasteiger partial charge on any atom is -0.376 e. The highest BCUT2D eigenvalue weighted by Gasteiger charge is 2.29. The summed E-state index contributed by atoms with van der Waals surface area (Å²) >= 11 is 0. The third-order valence-corrected chi connectivity index (χ3v) is 2.64. The van der Waals surface area contributed by atoms with Gasteiger partial charge in [0.1, 0.15) is 5.60 Å². The Hall–Kier alpha value is -0.670. The zero-order valence-corrected chi connectivity index (χ0v) is 12.1. The summed E-state index contributed by atoms with van der Waals surface area (Å²) in [6.07, 6.45) is 0.758. The maximum atomic E-state index is 11.8. The number of carbonyl (C=O) groups is 1. The molecule has 0 spiro atoms. The van der Waals surface area contributed by atoms with Crippen molar-refractivity contribution in [2.75, 3.05) is 13.2 Å². The maximum Gasteiger partial charge on any atom is 0.189 e. The lowest BCUT2D eigenvalue weighted by Gasteiger charge is -2.28. The molecule has 0 heterocycles. The van der Waals surface area contributed by atoms with Crippen molar-refractivity contribution in [1.29, 1.82) is 0 Å². The fourth-order valence-electron chi connectivity index (χ4n) is 1.59. The summed E-state index contributed by atoms with van der Waals surface area (Å²) in [6.45, 7) is 16.1. The van der Waals surface area contributed by atoms with E-state index in [0.29, 0.717) is 18.8 Å². The molecular formula is C14H26O3. The monoisotopic (exact) mass is 242 g/mol. The van der Waals surface area contributed by atoms with Crippen molar-refractivity contribution >= 4 is 5.78 Å². The Morgan fingerprint density at radius 1 is 1.18 bits per heavy atom. The minimum atomic E-state index is -0.797. The Morgan fingerprint density at radius 3 is 2.12 bits per heavy atom. The summed E-state index contributed by atoms with van der Waals surface area (Å²) in [5.74, 6) is -0.0493. The van der Waals surface area contributed by atoms with Gasteiger partial charge in [-0.25, -0.2) is 0 Å². The van der Waals surface area contributed by atoms with Crippen molar-refractivity contribution < 1.29 is 14.3 Å². The van der Waals surface area contributed by atoms with E-state index in [-0.39, 0.29) is 11.4 Å². The quantitative estimate of drug-likeness (QED) is 0.613.